The molecule has 0 aliphatic carbocycles. The first-order valence-corrected chi connectivity index (χ1v) is 9.47. The van der Waals surface area contributed by atoms with Crippen LogP contribution in [0.15, 0.2) is 42.5 Å². The van der Waals surface area contributed by atoms with Crippen molar-refractivity contribution < 1.29 is 13.9 Å². The molecule has 0 aromatic heterocycles. The minimum Gasteiger partial charge on any atom is -0.494 e. The Balaban J connectivity index is 1.63. The van der Waals surface area contributed by atoms with Gasteiger partial charge in [0.05, 0.1) is 13.2 Å². The second kappa shape index (κ2) is 8.42. The Morgan fingerprint density at radius 2 is 1.85 bits per heavy atom. The predicted molar refractivity (Wildman–Crippen MR) is 106 cm³/mol. The minimum atomic E-state index is -0.544. The molecule has 1 heterocycles. The normalized spacial score (nSPS) is 16.1. The quantitative estimate of drug-likeness (QED) is 0.839. The number of rotatable bonds is 5. The van der Waals surface area contributed by atoms with Crippen molar-refractivity contribution in [3.05, 3.63) is 59.4 Å². The first-order valence-electron chi connectivity index (χ1n) is 9.47. The Bertz CT molecular complexity index is 783. The Morgan fingerprint density at radius 1 is 1.19 bits per heavy atom. The van der Waals surface area contributed by atoms with E-state index in [0.29, 0.717) is 0 Å². The van der Waals surface area contributed by atoms with Gasteiger partial charge in [0.2, 0.25) is 0 Å². The lowest BCUT2D eigenvalue weighted by Gasteiger charge is -2.32. The fourth-order valence-electron chi connectivity index (χ4n) is 3.41. The van der Waals surface area contributed by atoms with Crippen LogP contribution in [-0.4, -0.2) is 26.1 Å². The molecule has 2 aromatic rings. The molecule has 1 aliphatic rings. The predicted octanol–water partition coefficient (Wildman–Crippen LogP) is 4.56. The highest BCUT2D eigenvalue weighted by molar-refractivity contribution is 5.94. The van der Waals surface area contributed by atoms with Crippen LogP contribution in [0.3, 0.4) is 0 Å². The van der Waals surface area contributed by atoms with Crippen molar-refractivity contribution in [1.29, 1.82) is 0 Å². The molecule has 0 saturated carbocycles. The van der Waals surface area contributed by atoms with Crippen molar-refractivity contribution in [1.82, 2.24) is 5.32 Å². The summed E-state index contributed by atoms with van der Waals surface area (Å²) in [6.45, 7) is 6.42. The van der Waals surface area contributed by atoms with Gasteiger partial charge in [-0.25, -0.2) is 4.39 Å². The zero-order valence-corrected chi connectivity index (χ0v) is 16.2. The van der Waals surface area contributed by atoms with Gasteiger partial charge in [0.1, 0.15) is 0 Å². The van der Waals surface area contributed by atoms with Crippen LogP contribution in [0.2, 0.25) is 0 Å². The van der Waals surface area contributed by atoms with E-state index < -0.39 is 5.82 Å². The van der Waals surface area contributed by atoms with Gasteiger partial charge in [0.15, 0.2) is 11.6 Å². The first kappa shape index (κ1) is 19.2. The Kier molecular flexibility index (Phi) is 5.99. The second-order valence-electron chi connectivity index (χ2n) is 7.31. The molecule has 144 valence electrons. The van der Waals surface area contributed by atoms with Crippen LogP contribution in [0.1, 0.15) is 48.7 Å². The van der Waals surface area contributed by atoms with E-state index in [9.17, 15) is 9.18 Å². The Hall–Kier alpha value is -2.56. The Labute approximate surface area is 160 Å². The molecule has 0 bridgehead atoms. The summed E-state index contributed by atoms with van der Waals surface area (Å²) >= 11 is 0. The monoisotopic (exact) mass is 370 g/mol. The molecule has 0 radical (unpaired) electrons. The summed E-state index contributed by atoms with van der Waals surface area (Å²) < 4.78 is 18.7. The lowest BCUT2D eigenvalue weighted by Crippen LogP contribution is -2.32. The van der Waals surface area contributed by atoms with Gasteiger partial charge < -0.3 is 15.0 Å². The van der Waals surface area contributed by atoms with E-state index in [1.807, 2.05) is 19.1 Å². The molecule has 1 fully saturated rings. The number of benzene rings is 2. The van der Waals surface area contributed by atoms with Crippen LogP contribution in [-0.2, 0) is 0 Å². The lowest BCUT2D eigenvalue weighted by molar-refractivity contribution is 0.0939. The third-order valence-corrected chi connectivity index (χ3v) is 5.30. The van der Waals surface area contributed by atoms with Crippen LogP contribution in [0, 0.1) is 11.7 Å². The molecule has 27 heavy (non-hydrogen) atoms. The van der Waals surface area contributed by atoms with Crippen LogP contribution < -0.4 is 15.0 Å². The average molecular weight is 370 g/mol. The van der Waals surface area contributed by atoms with E-state index in [1.54, 1.807) is 6.07 Å². The number of hydrogen-bond donors (Lipinski definition) is 1. The van der Waals surface area contributed by atoms with E-state index in [4.69, 9.17) is 4.74 Å². The summed E-state index contributed by atoms with van der Waals surface area (Å²) in [4.78, 5) is 14.8. The highest BCUT2D eigenvalue weighted by Gasteiger charge is 2.17. The molecule has 0 spiro atoms. The summed E-state index contributed by atoms with van der Waals surface area (Å²) in [6, 6.07) is 12.4. The van der Waals surface area contributed by atoms with Crippen molar-refractivity contribution in [2.75, 3.05) is 25.1 Å². The molecule has 5 heteroatoms. The number of nitrogens with one attached hydrogen (secondary N) is 1. The molecular weight excluding hydrogens is 343 g/mol. The number of amides is 1. The van der Waals surface area contributed by atoms with E-state index in [0.717, 1.165) is 24.6 Å². The first-order chi connectivity index (χ1) is 13.0. The fourth-order valence-corrected chi connectivity index (χ4v) is 3.41. The molecule has 1 atom stereocenters. The number of ether oxygens (including phenoxy) is 1. The standard InChI is InChI=1S/C22H27FN2O2/c1-15-10-12-25(13-11-15)19-7-4-17(5-8-19)16(2)24-22(26)18-6-9-21(27-3)20(23)14-18/h4-9,14-16H,10-13H2,1-3H3,(H,24,26). The van der Waals surface area contributed by atoms with Crippen LogP contribution in [0.25, 0.3) is 0 Å². The van der Waals surface area contributed by atoms with Gasteiger partial charge in [0.25, 0.3) is 5.91 Å². The largest absolute Gasteiger partial charge is 0.494 e. The van der Waals surface area contributed by atoms with E-state index in [-0.39, 0.29) is 23.3 Å². The van der Waals surface area contributed by atoms with Crippen LogP contribution in [0.4, 0.5) is 10.1 Å². The highest BCUT2D eigenvalue weighted by atomic mass is 19.1. The third kappa shape index (κ3) is 4.59. The van der Waals surface area contributed by atoms with Gasteiger partial charge in [-0.2, -0.15) is 0 Å². The number of piperidine rings is 1. The number of carbonyl (C=O) groups is 1. The molecule has 1 amide bonds. The molecule has 1 N–H and O–H groups in total. The van der Waals surface area contributed by atoms with E-state index >= 15 is 0 Å². The topological polar surface area (TPSA) is 41.6 Å². The minimum absolute atomic E-state index is 0.127. The fraction of sp³-hybridized carbons (Fsp3) is 0.409. The number of methoxy groups -OCH3 is 1. The van der Waals surface area contributed by atoms with Gasteiger partial charge in [0, 0.05) is 24.3 Å². The van der Waals surface area contributed by atoms with Crippen molar-refractivity contribution in [3.8, 4) is 5.75 Å². The zero-order valence-electron chi connectivity index (χ0n) is 16.2. The van der Waals surface area contributed by atoms with Crippen molar-refractivity contribution in [3.63, 3.8) is 0 Å². The Morgan fingerprint density at radius 3 is 2.44 bits per heavy atom. The van der Waals surface area contributed by atoms with Gasteiger partial charge in [-0.05, 0) is 61.6 Å². The smallest absolute Gasteiger partial charge is 0.251 e. The maximum atomic E-state index is 13.8. The summed E-state index contributed by atoms with van der Waals surface area (Å²) in [5.74, 6) is 0.0806. The molecule has 1 saturated heterocycles. The second-order valence-corrected chi connectivity index (χ2v) is 7.31. The summed E-state index contributed by atoms with van der Waals surface area (Å²) in [5.41, 5.74) is 2.52. The summed E-state index contributed by atoms with van der Waals surface area (Å²) in [5, 5.41) is 2.92. The lowest BCUT2D eigenvalue weighted by atomic mass is 9.98. The zero-order chi connectivity index (χ0) is 19.4. The number of anilines is 1. The van der Waals surface area contributed by atoms with Crippen molar-refractivity contribution in [2.45, 2.75) is 32.7 Å². The molecule has 4 nitrogen and oxygen atoms in total. The van der Waals surface area contributed by atoms with Gasteiger partial charge in [-0.1, -0.05) is 19.1 Å². The maximum Gasteiger partial charge on any atom is 0.251 e. The number of halogens is 1. The van der Waals surface area contributed by atoms with Crippen LogP contribution >= 0.6 is 0 Å². The highest BCUT2D eigenvalue weighted by Crippen LogP contribution is 2.25. The summed E-state index contributed by atoms with van der Waals surface area (Å²) in [7, 11) is 1.40. The maximum absolute atomic E-state index is 13.8. The average Bonchev–Trinajstić information content (AvgIpc) is 2.68. The van der Waals surface area contributed by atoms with Gasteiger partial charge in [-0.15, -0.1) is 0 Å². The molecule has 3 rings (SSSR count). The van der Waals surface area contributed by atoms with Crippen molar-refractivity contribution >= 4 is 11.6 Å². The van der Waals surface area contributed by atoms with E-state index in [2.05, 4.69) is 29.3 Å². The third-order valence-electron chi connectivity index (χ3n) is 5.30. The molecule has 2 aromatic carbocycles. The number of carbonyl (C=O) groups excluding carboxylic acids is 1. The van der Waals surface area contributed by atoms with Crippen LogP contribution in [0.5, 0.6) is 5.75 Å². The molecule has 1 unspecified atom stereocenters. The summed E-state index contributed by atoms with van der Waals surface area (Å²) in [6.07, 6.45) is 2.46. The van der Waals surface area contributed by atoms with Gasteiger partial charge >= 0.3 is 0 Å². The number of hydrogen-bond acceptors (Lipinski definition) is 3. The molecule has 1 aliphatic heterocycles. The van der Waals surface area contributed by atoms with Gasteiger partial charge in [-0.3, -0.25) is 4.79 Å². The van der Waals surface area contributed by atoms with E-state index in [1.165, 1.54) is 37.8 Å². The SMILES string of the molecule is COc1ccc(C(=O)NC(C)c2ccc(N3CCC(C)CC3)cc2)cc1F. The number of nitrogens with zero attached hydrogens (tertiary/aromatic N) is 1. The van der Waals surface area contributed by atoms with Crippen molar-refractivity contribution in [2.24, 2.45) is 5.92 Å². The molecular formula is C22H27FN2O2.